The summed E-state index contributed by atoms with van der Waals surface area (Å²) in [5.74, 6) is 0.130. The zero-order valence-corrected chi connectivity index (χ0v) is 11.7. The van der Waals surface area contributed by atoms with Crippen LogP contribution in [-0.2, 0) is 0 Å². The number of hydrogen-bond acceptors (Lipinski definition) is 3. The lowest BCUT2D eigenvalue weighted by Gasteiger charge is -2.33. The molecule has 6 heteroatoms. The highest BCUT2D eigenvalue weighted by atomic mass is 35.5. The molecular weight excluding hydrogens is 263 g/mol. The van der Waals surface area contributed by atoms with Crippen LogP contribution < -0.4 is 11.1 Å². The molecule has 0 aliphatic carbocycles. The van der Waals surface area contributed by atoms with E-state index in [0.717, 1.165) is 0 Å². The normalized spacial score (nSPS) is 14.0. The van der Waals surface area contributed by atoms with Crippen molar-refractivity contribution in [1.29, 1.82) is 0 Å². The lowest BCUT2D eigenvalue weighted by molar-refractivity contribution is 0.0854. The van der Waals surface area contributed by atoms with Crippen molar-refractivity contribution >= 4 is 29.9 Å². The molecule has 0 aliphatic rings. The lowest BCUT2D eigenvalue weighted by Crippen LogP contribution is -2.54. The summed E-state index contributed by atoms with van der Waals surface area (Å²) in [4.78, 5) is 11.8. The summed E-state index contributed by atoms with van der Waals surface area (Å²) in [6.45, 7) is 6.27. The summed E-state index contributed by atoms with van der Waals surface area (Å²) >= 11 is 5.60. The number of nitrogens with one attached hydrogen (secondary N) is 1. The van der Waals surface area contributed by atoms with Crippen LogP contribution in [0.15, 0.2) is 16.5 Å². The van der Waals surface area contributed by atoms with Crippen LogP contribution in [0, 0.1) is 5.92 Å². The predicted octanol–water partition coefficient (Wildman–Crippen LogP) is 2.46. The largest absolute Gasteiger partial charge is 0.440 e. The third-order valence-corrected chi connectivity index (χ3v) is 3.10. The molecule has 0 saturated carbocycles. The SMILES string of the molecule is CC(C)C(C)(CN)NC(=O)c1ccc(Cl)o1.Cl. The topological polar surface area (TPSA) is 68.3 Å². The van der Waals surface area contributed by atoms with E-state index in [1.54, 1.807) is 0 Å². The minimum atomic E-state index is -0.448. The highest BCUT2D eigenvalue weighted by Gasteiger charge is 2.29. The van der Waals surface area contributed by atoms with Gasteiger partial charge < -0.3 is 15.5 Å². The molecule has 1 aromatic rings. The van der Waals surface area contributed by atoms with Gasteiger partial charge in [-0.05, 0) is 36.6 Å². The van der Waals surface area contributed by atoms with E-state index in [1.165, 1.54) is 12.1 Å². The maximum absolute atomic E-state index is 11.8. The number of rotatable bonds is 4. The second kappa shape index (κ2) is 6.28. The second-order valence-corrected chi connectivity index (χ2v) is 4.71. The van der Waals surface area contributed by atoms with E-state index in [-0.39, 0.29) is 35.2 Å². The molecule has 1 aromatic heterocycles. The van der Waals surface area contributed by atoms with E-state index in [4.69, 9.17) is 21.8 Å². The van der Waals surface area contributed by atoms with Gasteiger partial charge in [0.15, 0.2) is 11.0 Å². The van der Waals surface area contributed by atoms with E-state index in [9.17, 15) is 4.79 Å². The number of carbonyl (C=O) groups excluding carboxylic acids is 1. The maximum atomic E-state index is 11.8. The quantitative estimate of drug-likeness (QED) is 0.890. The molecule has 3 N–H and O–H groups in total. The molecule has 0 bridgehead atoms. The first-order valence-electron chi connectivity index (χ1n) is 5.17. The Labute approximate surface area is 112 Å². The fourth-order valence-corrected chi connectivity index (χ4v) is 1.33. The molecule has 0 radical (unpaired) electrons. The molecule has 1 amide bonds. The van der Waals surface area contributed by atoms with Crippen LogP contribution in [0.3, 0.4) is 0 Å². The van der Waals surface area contributed by atoms with Gasteiger partial charge in [-0.25, -0.2) is 0 Å². The van der Waals surface area contributed by atoms with Crippen LogP contribution in [0.5, 0.6) is 0 Å². The summed E-state index contributed by atoms with van der Waals surface area (Å²) in [5.41, 5.74) is 5.22. The van der Waals surface area contributed by atoms with Gasteiger partial charge in [-0.3, -0.25) is 4.79 Å². The van der Waals surface area contributed by atoms with Gasteiger partial charge in [-0.2, -0.15) is 0 Å². The molecule has 17 heavy (non-hydrogen) atoms. The second-order valence-electron chi connectivity index (χ2n) is 4.33. The first kappa shape index (κ1) is 16.3. The van der Waals surface area contributed by atoms with E-state index in [2.05, 4.69) is 5.32 Å². The van der Waals surface area contributed by atoms with Crippen LogP contribution in [0.25, 0.3) is 0 Å². The van der Waals surface area contributed by atoms with Crippen molar-refractivity contribution in [2.75, 3.05) is 6.54 Å². The van der Waals surface area contributed by atoms with Crippen molar-refractivity contribution in [3.63, 3.8) is 0 Å². The van der Waals surface area contributed by atoms with Crippen LogP contribution in [0.1, 0.15) is 31.3 Å². The summed E-state index contributed by atoms with van der Waals surface area (Å²) < 4.78 is 5.03. The van der Waals surface area contributed by atoms with Gasteiger partial charge in [-0.15, -0.1) is 12.4 Å². The zero-order valence-electron chi connectivity index (χ0n) is 10.1. The first-order chi connectivity index (χ1) is 7.39. The monoisotopic (exact) mass is 280 g/mol. The molecule has 1 unspecified atom stereocenters. The number of halogens is 2. The molecule has 1 rings (SSSR count). The Hall–Kier alpha value is -0.710. The predicted molar refractivity (Wildman–Crippen MR) is 70.7 cm³/mol. The number of nitrogens with two attached hydrogens (primary N) is 1. The van der Waals surface area contributed by atoms with Crippen LogP contribution in [0.4, 0.5) is 0 Å². The Morgan fingerprint density at radius 3 is 2.53 bits per heavy atom. The smallest absolute Gasteiger partial charge is 0.287 e. The van der Waals surface area contributed by atoms with Crippen molar-refractivity contribution in [2.45, 2.75) is 26.3 Å². The molecule has 98 valence electrons. The molecule has 0 aliphatic heterocycles. The van der Waals surface area contributed by atoms with Crippen LogP contribution in [-0.4, -0.2) is 18.0 Å². The first-order valence-corrected chi connectivity index (χ1v) is 5.55. The summed E-state index contributed by atoms with van der Waals surface area (Å²) in [7, 11) is 0. The molecule has 4 nitrogen and oxygen atoms in total. The molecule has 0 aromatic carbocycles. The van der Waals surface area contributed by atoms with Crippen molar-refractivity contribution in [3.8, 4) is 0 Å². The number of furan rings is 1. The van der Waals surface area contributed by atoms with Gasteiger partial charge in [-0.1, -0.05) is 13.8 Å². The van der Waals surface area contributed by atoms with E-state index < -0.39 is 5.54 Å². The minimum absolute atomic E-state index is 0. The highest BCUT2D eigenvalue weighted by molar-refractivity contribution is 6.29. The average Bonchev–Trinajstić information content (AvgIpc) is 2.64. The average molecular weight is 281 g/mol. The molecule has 0 spiro atoms. The van der Waals surface area contributed by atoms with Gasteiger partial charge in [0, 0.05) is 6.54 Å². The van der Waals surface area contributed by atoms with Crippen LogP contribution >= 0.6 is 24.0 Å². The Kier molecular flexibility index (Phi) is 6.02. The Balaban J connectivity index is 0.00000256. The Bertz CT molecular complexity index is 379. The number of hydrogen-bond donors (Lipinski definition) is 2. The summed E-state index contributed by atoms with van der Waals surface area (Å²) in [5, 5.41) is 3.05. The van der Waals surface area contributed by atoms with E-state index in [1.807, 2.05) is 20.8 Å². The summed E-state index contributed by atoms with van der Waals surface area (Å²) in [6, 6.07) is 3.07. The Morgan fingerprint density at radius 1 is 1.59 bits per heavy atom. The lowest BCUT2D eigenvalue weighted by atomic mass is 9.88. The van der Waals surface area contributed by atoms with Crippen LogP contribution in [0.2, 0.25) is 5.22 Å². The van der Waals surface area contributed by atoms with Crippen molar-refractivity contribution in [2.24, 2.45) is 11.7 Å². The molecule has 0 saturated heterocycles. The standard InChI is InChI=1S/C11H17ClN2O2.ClH/c1-7(2)11(3,6-13)14-10(15)8-4-5-9(12)16-8;/h4-5,7H,6,13H2,1-3H3,(H,14,15);1H. The Morgan fingerprint density at radius 2 is 2.18 bits per heavy atom. The molecule has 1 atom stereocenters. The fraction of sp³-hybridized carbons (Fsp3) is 0.545. The van der Waals surface area contributed by atoms with Crippen molar-refractivity contribution < 1.29 is 9.21 Å². The zero-order chi connectivity index (χ0) is 12.3. The molecular formula is C11H18Cl2N2O2. The molecule has 0 fully saturated rings. The van der Waals surface area contributed by atoms with Gasteiger partial charge >= 0.3 is 0 Å². The third-order valence-electron chi connectivity index (χ3n) is 2.89. The van der Waals surface area contributed by atoms with Gasteiger partial charge in [0.25, 0.3) is 5.91 Å². The van der Waals surface area contributed by atoms with E-state index >= 15 is 0 Å². The number of carbonyl (C=O) groups is 1. The fourth-order valence-electron chi connectivity index (χ4n) is 1.19. The minimum Gasteiger partial charge on any atom is -0.440 e. The molecule has 1 heterocycles. The van der Waals surface area contributed by atoms with E-state index in [0.29, 0.717) is 6.54 Å². The maximum Gasteiger partial charge on any atom is 0.287 e. The summed E-state index contributed by atoms with van der Waals surface area (Å²) in [6.07, 6.45) is 0. The highest BCUT2D eigenvalue weighted by Crippen LogP contribution is 2.18. The van der Waals surface area contributed by atoms with Crippen molar-refractivity contribution in [3.05, 3.63) is 23.1 Å². The van der Waals surface area contributed by atoms with Gasteiger partial charge in [0.2, 0.25) is 0 Å². The van der Waals surface area contributed by atoms with Crippen molar-refractivity contribution in [1.82, 2.24) is 5.32 Å². The third kappa shape index (κ3) is 3.91. The van der Waals surface area contributed by atoms with Gasteiger partial charge in [0.1, 0.15) is 0 Å². The number of amides is 1. The van der Waals surface area contributed by atoms with Gasteiger partial charge in [0.05, 0.1) is 5.54 Å².